The first-order chi connectivity index (χ1) is 10.5. The lowest BCUT2D eigenvalue weighted by atomic mass is 10.1. The predicted octanol–water partition coefficient (Wildman–Crippen LogP) is 2.13. The standard InChI is InChI=1S/C16H21NO5/c1-4-10-21-16(20)15(17-14(19)5-2)12-6-8-13(9-7-12)22-11(3)18/h6-9,15H,4-5,10H2,1-3H3,(H,17,19). The van der Waals surface area contributed by atoms with Gasteiger partial charge in [0.05, 0.1) is 6.61 Å². The molecular formula is C16H21NO5. The van der Waals surface area contributed by atoms with E-state index in [4.69, 9.17) is 9.47 Å². The number of hydrogen-bond acceptors (Lipinski definition) is 5. The molecular weight excluding hydrogens is 286 g/mol. The SMILES string of the molecule is CCCOC(=O)C(NC(=O)CC)c1ccc(OC(C)=O)cc1. The molecule has 0 radical (unpaired) electrons. The quantitative estimate of drug-likeness (QED) is 0.616. The average molecular weight is 307 g/mol. The molecule has 0 aliphatic rings. The van der Waals surface area contributed by atoms with Crippen LogP contribution in [0.3, 0.4) is 0 Å². The first-order valence-corrected chi connectivity index (χ1v) is 7.22. The molecule has 0 fully saturated rings. The molecule has 120 valence electrons. The number of carbonyl (C=O) groups is 3. The number of hydrogen-bond donors (Lipinski definition) is 1. The Morgan fingerprint density at radius 3 is 2.27 bits per heavy atom. The van der Waals surface area contributed by atoms with Crippen molar-refractivity contribution in [3.63, 3.8) is 0 Å². The minimum absolute atomic E-state index is 0.248. The van der Waals surface area contributed by atoms with Gasteiger partial charge >= 0.3 is 11.9 Å². The molecule has 0 saturated heterocycles. The van der Waals surface area contributed by atoms with Crippen LogP contribution in [0, 0.1) is 0 Å². The molecule has 6 nitrogen and oxygen atoms in total. The maximum absolute atomic E-state index is 12.1. The fourth-order valence-electron chi connectivity index (χ4n) is 1.72. The second-order valence-electron chi connectivity index (χ2n) is 4.68. The van der Waals surface area contributed by atoms with E-state index < -0.39 is 18.0 Å². The third kappa shape index (κ3) is 5.55. The highest BCUT2D eigenvalue weighted by atomic mass is 16.5. The molecule has 1 N–H and O–H groups in total. The molecule has 0 bridgehead atoms. The molecule has 1 atom stereocenters. The molecule has 0 aliphatic carbocycles. The van der Waals surface area contributed by atoms with E-state index in [-0.39, 0.29) is 12.3 Å². The second-order valence-corrected chi connectivity index (χ2v) is 4.68. The highest BCUT2D eigenvalue weighted by Gasteiger charge is 2.23. The molecule has 0 aromatic heterocycles. The Morgan fingerprint density at radius 2 is 1.77 bits per heavy atom. The Hall–Kier alpha value is -2.37. The third-order valence-electron chi connectivity index (χ3n) is 2.79. The van der Waals surface area contributed by atoms with Crippen LogP contribution in [0.5, 0.6) is 5.75 Å². The smallest absolute Gasteiger partial charge is 0.333 e. The van der Waals surface area contributed by atoms with Gasteiger partial charge in [-0.25, -0.2) is 4.79 Å². The highest BCUT2D eigenvalue weighted by molar-refractivity contribution is 5.85. The van der Waals surface area contributed by atoms with Crippen LogP contribution in [0.25, 0.3) is 0 Å². The molecule has 1 rings (SSSR count). The Labute approximate surface area is 129 Å². The van der Waals surface area contributed by atoms with Crippen molar-refractivity contribution < 1.29 is 23.9 Å². The Bertz CT molecular complexity index is 524. The molecule has 0 spiro atoms. The van der Waals surface area contributed by atoms with E-state index in [1.54, 1.807) is 31.2 Å². The van der Waals surface area contributed by atoms with Crippen LogP contribution in [0.1, 0.15) is 45.2 Å². The van der Waals surface area contributed by atoms with Gasteiger partial charge < -0.3 is 14.8 Å². The van der Waals surface area contributed by atoms with Crippen LogP contribution in [-0.2, 0) is 19.1 Å². The highest BCUT2D eigenvalue weighted by Crippen LogP contribution is 2.19. The normalized spacial score (nSPS) is 11.4. The lowest BCUT2D eigenvalue weighted by Crippen LogP contribution is -2.34. The summed E-state index contributed by atoms with van der Waals surface area (Å²) in [6.07, 6.45) is 0.967. The van der Waals surface area contributed by atoms with Crippen LogP contribution in [0.15, 0.2) is 24.3 Å². The summed E-state index contributed by atoms with van der Waals surface area (Å²) in [7, 11) is 0. The fourth-order valence-corrected chi connectivity index (χ4v) is 1.72. The van der Waals surface area contributed by atoms with E-state index in [2.05, 4.69) is 5.32 Å². The van der Waals surface area contributed by atoms with Gasteiger partial charge in [-0.3, -0.25) is 9.59 Å². The minimum Gasteiger partial charge on any atom is -0.464 e. The number of rotatable bonds is 7. The average Bonchev–Trinajstić information content (AvgIpc) is 2.50. The van der Waals surface area contributed by atoms with Gasteiger partial charge in [0, 0.05) is 13.3 Å². The van der Waals surface area contributed by atoms with E-state index in [0.29, 0.717) is 24.3 Å². The first-order valence-electron chi connectivity index (χ1n) is 7.22. The number of ether oxygens (including phenoxy) is 2. The fraction of sp³-hybridized carbons (Fsp3) is 0.438. The van der Waals surface area contributed by atoms with Crippen molar-refractivity contribution in [1.29, 1.82) is 0 Å². The number of benzene rings is 1. The summed E-state index contributed by atoms with van der Waals surface area (Å²) in [5.41, 5.74) is 0.568. The molecule has 0 saturated carbocycles. The van der Waals surface area contributed by atoms with Crippen LogP contribution in [-0.4, -0.2) is 24.5 Å². The zero-order chi connectivity index (χ0) is 16.5. The summed E-state index contributed by atoms with van der Waals surface area (Å²) in [6.45, 7) is 5.19. The first kappa shape index (κ1) is 17.7. The van der Waals surface area contributed by atoms with Crippen molar-refractivity contribution in [2.45, 2.75) is 39.7 Å². The Balaban J connectivity index is 2.91. The number of carbonyl (C=O) groups excluding carboxylic acids is 3. The van der Waals surface area contributed by atoms with Gasteiger partial charge in [0.2, 0.25) is 5.91 Å². The topological polar surface area (TPSA) is 81.7 Å². The van der Waals surface area contributed by atoms with Crippen LogP contribution in [0.2, 0.25) is 0 Å². The summed E-state index contributed by atoms with van der Waals surface area (Å²) in [5, 5.41) is 2.63. The molecule has 1 unspecified atom stereocenters. The summed E-state index contributed by atoms with van der Waals surface area (Å²) < 4.78 is 10.0. The molecule has 1 aromatic carbocycles. The van der Waals surface area contributed by atoms with Crippen LogP contribution >= 0.6 is 0 Å². The second kappa shape index (κ2) is 8.81. The molecule has 22 heavy (non-hydrogen) atoms. The van der Waals surface area contributed by atoms with E-state index in [9.17, 15) is 14.4 Å². The monoisotopic (exact) mass is 307 g/mol. The van der Waals surface area contributed by atoms with Gasteiger partial charge in [0.25, 0.3) is 0 Å². The van der Waals surface area contributed by atoms with Crippen molar-refractivity contribution in [1.82, 2.24) is 5.32 Å². The van der Waals surface area contributed by atoms with Gasteiger partial charge in [-0.15, -0.1) is 0 Å². The van der Waals surface area contributed by atoms with Crippen molar-refractivity contribution >= 4 is 17.8 Å². The van der Waals surface area contributed by atoms with Crippen molar-refractivity contribution in [3.8, 4) is 5.75 Å². The lowest BCUT2D eigenvalue weighted by molar-refractivity contribution is -0.148. The third-order valence-corrected chi connectivity index (χ3v) is 2.79. The maximum Gasteiger partial charge on any atom is 0.333 e. The van der Waals surface area contributed by atoms with Gasteiger partial charge in [-0.1, -0.05) is 26.0 Å². The van der Waals surface area contributed by atoms with Crippen molar-refractivity contribution in [3.05, 3.63) is 29.8 Å². The summed E-state index contributed by atoms with van der Waals surface area (Å²) >= 11 is 0. The largest absolute Gasteiger partial charge is 0.464 e. The van der Waals surface area contributed by atoms with Gasteiger partial charge in [-0.05, 0) is 24.1 Å². The minimum atomic E-state index is -0.870. The van der Waals surface area contributed by atoms with Gasteiger partial charge in [-0.2, -0.15) is 0 Å². The zero-order valence-corrected chi connectivity index (χ0v) is 13.0. The van der Waals surface area contributed by atoms with Gasteiger partial charge in [0.15, 0.2) is 6.04 Å². The molecule has 0 heterocycles. The zero-order valence-electron chi connectivity index (χ0n) is 13.0. The number of esters is 2. The molecule has 0 aliphatic heterocycles. The Morgan fingerprint density at radius 1 is 1.14 bits per heavy atom. The number of nitrogens with one attached hydrogen (secondary N) is 1. The van der Waals surface area contributed by atoms with Gasteiger partial charge in [0.1, 0.15) is 5.75 Å². The van der Waals surface area contributed by atoms with Crippen LogP contribution < -0.4 is 10.1 Å². The van der Waals surface area contributed by atoms with E-state index >= 15 is 0 Å². The molecule has 1 amide bonds. The predicted molar refractivity (Wildman–Crippen MR) is 80.2 cm³/mol. The Kier molecular flexibility index (Phi) is 7.08. The summed E-state index contributed by atoms with van der Waals surface area (Å²) in [5.74, 6) is -0.809. The maximum atomic E-state index is 12.1. The van der Waals surface area contributed by atoms with Crippen molar-refractivity contribution in [2.24, 2.45) is 0 Å². The van der Waals surface area contributed by atoms with E-state index in [1.165, 1.54) is 6.92 Å². The van der Waals surface area contributed by atoms with E-state index in [1.807, 2.05) is 6.92 Å². The summed E-state index contributed by atoms with van der Waals surface area (Å²) in [4.78, 5) is 34.6. The van der Waals surface area contributed by atoms with Crippen molar-refractivity contribution in [2.75, 3.05) is 6.61 Å². The summed E-state index contributed by atoms with van der Waals surface area (Å²) in [6, 6.07) is 5.49. The molecule has 6 heteroatoms. The number of amides is 1. The van der Waals surface area contributed by atoms with E-state index in [0.717, 1.165) is 0 Å². The molecule has 1 aromatic rings. The lowest BCUT2D eigenvalue weighted by Gasteiger charge is -2.18. The van der Waals surface area contributed by atoms with Crippen LogP contribution in [0.4, 0.5) is 0 Å².